The van der Waals surface area contributed by atoms with Crippen molar-refractivity contribution in [1.82, 2.24) is 10.3 Å². The topological polar surface area (TPSA) is 51.2 Å². The number of hydrogen-bond acceptors (Lipinski definition) is 4. The van der Waals surface area contributed by atoms with Crippen LogP contribution in [0.1, 0.15) is 24.8 Å². The summed E-state index contributed by atoms with van der Waals surface area (Å²) in [5.41, 5.74) is 1.14. The van der Waals surface area contributed by atoms with Crippen LogP contribution >= 0.6 is 0 Å². The average molecular weight is 234 g/mol. The van der Waals surface area contributed by atoms with Crippen LogP contribution in [-0.4, -0.2) is 24.1 Å². The van der Waals surface area contributed by atoms with Gasteiger partial charge in [0.15, 0.2) is 0 Å². The van der Waals surface area contributed by atoms with Gasteiger partial charge < -0.3 is 10.1 Å². The Morgan fingerprint density at radius 2 is 2.47 bits per heavy atom. The lowest BCUT2D eigenvalue weighted by Gasteiger charge is -2.16. The lowest BCUT2D eigenvalue weighted by Crippen LogP contribution is -2.33. The highest BCUT2D eigenvalue weighted by molar-refractivity contribution is 5.70. The van der Waals surface area contributed by atoms with Crippen LogP contribution in [0.5, 0.6) is 0 Å². The van der Waals surface area contributed by atoms with Crippen molar-refractivity contribution in [3.63, 3.8) is 0 Å². The van der Waals surface area contributed by atoms with Crippen molar-refractivity contribution in [1.29, 1.82) is 0 Å². The number of esters is 1. The van der Waals surface area contributed by atoms with Crippen LogP contribution in [0.3, 0.4) is 0 Å². The second-order valence-corrected chi connectivity index (χ2v) is 4.47. The van der Waals surface area contributed by atoms with Gasteiger partial charge >= 0.3 is 5.97 Å². The van der Waals surface area contributed by atoms with Crippen LogP contribution in [0.15, 0.2) is 24.5 Å². The molecule has 1 saturated carbocycles. The molecule has 1 N–H and O–H groups in total. The fraction of sp³-hybridized carbons (Fsp3) is 0.538. The maximum absolute atomic E-state index is 11.3. The first-order valence-corrected chi connectivity index (χ1v) is 5.98. The van der Waals surface area contributed by atoms with Crippen molar-refractivity contribution >= 4 is 5.97 Å². The number of rotatable bonds is 6. The third-order valence-corrected chi connectivity index (χ3v) is 3.10. The molecule has 1 atom stereocenters. The molecule has 17 heavy (non-hydrogen) atoms. The molecular weight excluding hydrogens is 216 g/mol. The molecule has 0 aliphatic heterocycles. The number of aromatic nitrogens is 1. The van der Waals surface area contributed by atoms with E-state index in [1.54, 1.807) is 6.20 Å². The first kappa shape index (κ1) is 12.0. The maximum Gasteiger partial charge on any atom is 0.307 e. The zero-order valence-electron chi connectivity index (χ0n) is 10.1. The maximum atomic E-state index is 11.3. The summed E-state index contributed by atoms with van der Waals surface area (Å²) in [5, 5.41) is 3.42. The largest absolute Gasteiger partial charge is 0.469 e. The highest BCUT2D eigenvalue weighted by Crippen LogP contribution is 2.34. The second-order valence-electron chi connectivity index (χ2n) is 4.47. The van der Waals surface area contributed by atoms with Crippen LogP contribution < -0.4 is 5.32 Å². The summed E-state index contributed by atoms with van der Waals surface area (Å²) in [6.45, 7) is 0.756. The number of methoxy groups -OCH3 is 1. The van der Waals surface area contributed by atoms with Gasteiger partial charge in [-0.3, -0.25) is 9.78 Å². The first-order chi connectivity index (χ1) is 8.29. The quantitative estimate of drug-likeness (QED) is 0.758. The number of carbonyl (C=O) groups is 1. The zero-order chi connectivity index (χ0) is 12.1. The molecular formula is C13H18N2O2. The molecule has 1 fully saturated rings. The smallest absolute Gasteiger partial charge is 0.307 e. The average Bonchev–Trinajstić information content (AvgIpc) is 3.19. The number of nitrogens with one attached hydrogen (secondary N) is 1. The Balaban J connectivity index is 1.83. The molecule has 1 aromatic heterocycles. The van der Waals surface area contributed by atoms with Crippen LogP contribution in [0, 0.1) is 5.92 Å². The summed E-state index contributed by atoms with van der Waals surface area (Å²) in [6.07, 6.45) is 6.48. The van der Waals surface area contributed by atoms with Crippen molar-refractivity contribution in [2.45, 2.75) is 31.8 Å². The SMILES string of the molecule is COC(=O)CC(NCc1cccnc1)C1CC1. The van der Waals surface area contributed by atoms with Gasteiger partial charge in [-0.05, 0) is 30.4 Å². The van der Waals surface area contributed by atoms with Crippen molar-refractivity contribution in [3.05, 3.63) is 30.1 Å². The van der Waals surface area contributed by atoms with Gasteiger partial charge in [0.2, 0.25) is 0 Å². The summed E-state index contributed by atoms with van der Waals surface area (Å²) < 4.78 is 4.72. The van der Waals surface area contributed by atoms with Gasteiger partial charge in [-0.15, -0.1) is 0 Å². The molecule has 0 bridgehead atoms. The third-order valence-electron chi connectivity index (χ3n) is 3.10. The first-order valence-electron chi connectivity index (χ1n) is 5.98. The lowest BCUT2D eigenvalue weighted by molar-refractivity contribution is -0.141. The Kier molecular flexibility index (Phi) is 4.09. The van der Waals surface area contributed by atoms with Gasteiger partial charge in [0, 0.05) is 25.0 Å². The Bertz CT molecular complexity index is 363. The monoisotopic (exact) mass is 234 g/mol. The Hall–Kier alpha value is -1.42. The molecule has 0 spiro atoms. The molecule has 1 aliphatic carbocycles. The number of carbonyl (C=O) groups excluding carboxylic acids is 1. The van der Waals surface area contributed by atoms with Crippen LogP contribution in [0.25, 0.3) is 0 Å². The van der Waals surface area contributed by atoms with E-state index in [9.17, 15) is 4.79 Å². The van der Waals surface area contributed by atoms with Gasteiger partial charge in [-0.2, -0.15) is 0 Å². The van der Waals surface area contributed by atoms with Crippen molar-refractivity contribution in [2.75, 3.05) is 7.11 Å². The van der Waals surface area contributed by atoms with Crippen LogP contribution in [-0.2, 0) is 16.1 Å². The second kappa shape index (κ2) is 5.77. The van der Waals surface area contributed by atoms with Crippen molar-refractivity contribution in [3.8, 4) is 0 Å². The van der Waals surface area contributed by atoms with E-state index in [0.717, 1.165) is 12.1 Å². The number of ether oxygens (including phenoxy) is 1. The Labute approximate surface area is 101 Å². The van der Waals surface area contributed by atoms with E-state index in [-0.39, 0.29) is 12.0 Å². The fourth-order valence-corrected chi connectivity index (χ4v) is 1.92. The van der Waals surface area contributed by atoms with Gasteiger partial charge in [0.05, 0.1) is 13.5 Å². The molecule has 4 nitrogen and oxygen atoms in total. The lowest BCUT2D eigenvalue weighted by atomic mass is 10.1. The van der Waals surface area contributed by atoms with Crippen LogP contribution in [0.4, 0.5) is 0 Å². The molecule has 1 unspecified atom stereocenters. The van der Waals surface area contributed by atoms with E-state index < -0.39 is 0 Å². The summed E-state index contributed by atoms with van der Waals surface area (Å²) in [5.74, 6) is 0.492. The predicted molar refractivity (Wildman–Crippen MR) is 64.2 cm³/mol. The van der Waals surface area contributed by atoms with Crippen LogP contribution in [0.2, 0.25) is 0 Å². The molecule has 1 aromatic rings. The molecule has 0 aromatic carbocycles. The molecule has 2 rings (SSSR count). The molecule has 0 saturated heterocycles. The van der Waals surface area contributed by atoms with E-state index in [0.29, 0.717) is 12.3 Å². The van der Waals surface area contributed by atoms with Gasteiger partial charge in [-0.1, -0.05) is 6.07 Å². The molecule has 1 aliphatic rings. The molecule has 0 radical (unpaired) electrons. The van der Waals surface area contributed by atoms with Crippen molar-refractivity contribution in [2.24, 2.45) is 5.92 Å². The van der Waals surface area contributed by atoms with E-state index in [1.807, 2.05) is 18.3 Å². The fourth-order valence-electron chi connectivity index (χ4n) is 1.92. The minimum absolute atomic E-state index is 0.138. The summed E-state index contributed by atoms with van der Waals surface area (Å²) >= 11 is 0. The summed E-state index contributed by atoms with van der Waals surface area (Å²) in [7, 11) is 1.44. The minimum atomic E-state index is -0.138. The normalized spacial score (nSPS) is 16.5. The number of nitrogens with zero attached hydrogens (tertiary/aromatic N) is 1. The van der Waals surface area contributed by atoms with Gasteiger partial charge in [0.25, 0.3) is 0 Å². The zero-order valence-corrected chi connectivity index (χ0v) is 10.1. The van der Waals surface area contributed by atoms with E-state index in [2.05, 4.69) is 10.3 Å². The summed E-state index contributed by atoms with van der Waals surface area (Å²) in [6, 6.07) is 4.19. The van der Waals surface area contributed by atoms with E-state index in [4.69, 9.17) is 4.74 Å². The highest BCUT2D eigenvalue weighted by atomic mass is 16.5. The molecule has 92 valence electrons. The van der Waals surface area contributed by atoms with Gasteiger partial charge in [-0.25, -0.2) is 0 Å². The highest BCUT2D eigenvalue weighted by Gasteiger charge is 2.32. The molecule has 0 amide bonds. The number of hydrogen-bond donors (Lipinski definition) is 1. The van der Waals surface area contributed by atoms with E-state index >= 15 is 0 Å². The van der Waals surface area contributed by atoms with Gasteiger partial charge in [0.1, 0.15) is 0 Å². The Morgan fingerprint density at radius 3 is 3.06 bits per heavy atom. The number of pyridine rings is 1. The standard InChI is InChI=1S/C13H18N2O2/c1-17-13(16)7-12(11-4-5-11)15-9-10-3-2-6-14-8-10/h2-3,6,8,11-12,15H,4-5,7,9H2,1H3. The van der Waals surface area contributed by atoms with E-state index in [1.165, 1.54) is 20.0 Å². The molecule has 4 heteroatoms. The Morgan fingerprint density at radius 1 is 1.65 bits per heavy atom. The van der Waals surface area contributed by atoms with Crippen molar-refractivity contribution < 1.29 is 9.53 Å². The molecule has 1 heterocycles. The minimum Gasteiger partial charge on any atom is -0.469 e. The summed E-state index contributed by atoms with van der Waals surface area (Å²) in [4.78, 5) is 15.4. The third kappa shape index (κ3) is 3.82. The predicted octanol–water partition coefficient (Wildman–Crippen LogP) is 1.51.